The Labute approximate surface area is 59.1 Å². The van der Waals surface area contributed by atoms with Crippen molar-refractivity contribution >= 4 is 17.4 Å². The van der Waals surface area contributed by atoms with Crippen LogP contribution >= 0.6 is 0 Å². The van der Waals surface area contributed by atoms with Crippen LogP contribution in [0, 0.1) is 0 Å². The topological polar surface area (TPSA) is 63.0 Å². The van der Waals surface area contributed by atoms with Crippen LogP contribution in [0.25, 0.3) is 0 Å². The van der Waals surface area contributed by atoms with E-state index < -0.39 is 0 Å². The van der Waals surface area contributed by atoms with E-state index in [4.69, 9.17) is 0 Å². The van der Waals surface area contributed by atoms with E-state index in [9.17, 15) is 0 Å². The summed E-state index contributed by atoms with van der Waals surface area (Å²) >= 11 is 0. The quantitative estimate of drug-likeness (QED) is 0.266. The third kappa shape index (κ3) is 9.84. The van der Waals surface area contributed by atoms with E-state index in [0.717, 1.165) is 0 Å². The van der Waals surface area contributed by atoms with Gasteiger partial charge in [-0.3, -0.25) is 0 Å². The first-order chi connectivity index (χ1) is 0. The van der Waals surface area contributed by atoms with Gasteiger partial charge in [0.15, 0.2) is 0 Å². The summed E-state index contributed by atoms with van der Waals surface area (Å²) in [6.45, 7) is 0. The molecule has 0 atom stereocenters. The van der Waals surface area contributed by atoms with Gasteiger partial charge in [-0.2, -0.15) is 0 Å². The third-order valence-corrected chi connectivity index (χ3v) is 0. The molecule has 2 nitrogen and oxygen atoms in total. The van der Waals surface area contributed by atoms with E-state index in [1.165, 1.54) is 0 Å². The van der Waals surface area contributed by atoms with E-state index in [0.29, 0.717) is 0 Å². The fraction of sp³-hybridized carbons (Fsp3) is 0. The maximum absolute atomic E-state index is 0. The molecule has 0 aliphatic heterocycles. The van der Waals surface area contributed by atoms with Gasteiger partial charge in [0, 0.05) is 17.4 Å². The van der Waals surface area contributed by atoms with Gasteiger partial charge in [0.2, 0.25) is 0 Å². The molecule has 0 saturated carbocycles. The minimum Gasteiger partial charge on any atom is -1.00 e. The first kappa shape index (κ1) is 51.2. The second-order valence-corrected chi connectivity index (χ2v) is 0. The van der Waals surface area contributed by atoms with Gasteiger partial charge in [0.1, 0.15) is 0 Å². The zero-order valence-corrected chi connectivity index (χ0v) is 5.73. The Morgan fingerprint density at radius 3 is 1.00 bits per heavy atom. The van der Waals surface area contributed by atoms with E-state index in [-0.39, 0.29) is 59.3 Å². The largest absolute Gasteiger partial charge is 1.00 e. The number of hydrogen-bond acceptors (Lipinski definition) is 0. The Morgan fingerprint density at radius 2 is 1.00 bits per heavy atom. The predicted molar refractivity (Wildman–Crippen MR) is 14.1 cm³/mol. The molecule has 0 aromatic carbocycles. The van der Waals surface area contributed by atoms with Crippen molar-refractivity contribution in [1.82, 2.24) is 0 Å². The fourth-order valence-electron chi connectivity index (χ4n) is 0. The summed E-state index contributed by atoms with van der Waals surface area (Å²) in [5.74, 6) is 0. The fourth-order valence-corrected chi connectivity index (χ4v) is 0. The van der Waals surface area contributed by atoms with Gasteiger partial charge >= 0.3 is 29.6 Å². The van der Waals surface area contributed by atoms with Crippen LogP contribution in [-0.4, -0.2) is 28.3 Å². The molecule has 0 saturated heterocycles. The molecule has 0 rings (SSSR count). The summed E-state index contributed by atoms with van der Waals surface area (Å²) < 4.78 is 0. The maximum atomic E-state index is 0. The third-order valence-electron chi connectivity index (χ3n) is 0. The maximum Gasteiger partial charge on any atom is 1.00 e. The average Bonchev–Trinajstić information content (AvgIpc) is 0. The molecule has 0 bridgehead atoms. The Balaban J connectivity index is 0. The minimum absolute atomic E-state index is 0. The van der Waals surface area contributed by atoms with Crippen LogP contribution in [0.5, 0.6) is 0 Å². The summed E-state index contributed by atoms with van der Waals surface area (Å²) in [6, 6.07) is 0. The van der Waals surface area contributed by atoms with Crippen LogP contribution in [-0.2, 0) is 0 Å². The van der Waals surface area contributed by atoms with Crippen molar-refractivity contribution < 1.29 is 41.9 Å². The SMILES string of the molecule is O.O.[Al].[H-].[Na+]. The van der Waals surface area contributed by atoms with Crippen molar-refractivity contribution in [3.63, 3.8) is 0 Å². The summed E-state index contributed by atoms with van der Waals surface area (Å²) in [7, 11) is 0. The molecule has 4 heteroatoms. The van der Waals surface area contributed by atoms with Crippen molar-refractivity contribution in [2.24, 2.45) is 0 Å². The van der Waals surface area contributed by atoms with E-state index >= 15 is 0 Å². The second kappa shape index (κ2) is 25.2. The zero-order valence-electron chi connectivity index (χ0n) is 3.58. The second-order valence-electron chi connectivity index (χ2n) is 0. The summed E-state index contributed by atoms with van der Waals surface area (Å²) in [5, 5.41) is 0. The van der Waals surface area contributed by atoms with Crippen LogP contribution in [0.3, 0.4) is 0 Å². The Kier molecular flexibility index (Phi) is 322. The standard InChI is InChI=1S/Al.Na.2H2O.H/h;;2*1H2;/q;+1;;;-1. The normalized spacial score (nSPS) is 0. The minimum atomic E-state index is 0. The number of hydrogen-bond donors (Lipinski definition) is 0. The van der Waals surface area contributed by atoms with Gasteiger partial charge in [-0.1, -0.05) is 0 Å². The summed E-state index contributed by atoms with van der Waals surface area (Å²) in [4.78, 5) is 0. The van der Waals surface area contributed by atoms with Crippen LogP contribution in [0.1, 0.15) is 1.43 Å². The molecule has 4 heavy (non-hydrogen) atoms. The Hall–Kier alpha value is 1.45. The molecule has 3 radical (unpaired) electrons. The monoisotopic (exact) mass is 87.0 g/mol. The van der Waals surface area contributed by atoms with Crippen LogP contribution < -0.4 is 29.6 Å². The first-order valence-corrected chi connectivity index (χ1v) is 0. The average molecular weight is 87.0 g/mol. The zero-order chi connectivity index (χ0) is 0. The van der Waals surface area contributed by atoms with Crippen molar-refractivity contribution in [1.29, 1.82) is 0 Å². The molecule has 0 aromatic rings. The molecule has 4 N–H and O–H groups in total. The molecule has 0 aliphatic rings. The first-order valence-electron chi connectivity index (χ1n) is 0. The Morgan fingerprint density at radius 1 is 1.00 bits per heavy atom. The number of rotatable bonds is 0. The molecule has 0 fully saturated rings. The molecule has 0 amide bonds. The molecular weight excluding hydrogens is 82.0 g/mol. The van der Waals surface area contributed by atoms with Crippen molar-refractivity contribution in [3.05, 3.63) is 0 Å². The van der Waals surface area contributed by atoms with E-state index in [2.05, 4.69) is 0 Å². The van der Waals surface area contributed by atoms with Gasteiger partial charge < -0.3 is 12.4 Å². The van der Waals surface area contributed by atoms with Crippen LogP contribution in [0.2, 0.25) is 0 Å². The molecule has 0 heterocycles. The van der Waals surface area contributed by atoms with E-state index in [1.54, 1.807) is 0 Å². The molecule has 21 valence electrons. The van der Waals surface area contributed by atoms with Crippen LogP contribution in [0.15, 0.2) is 0 Å². The molecule has 0 unspecified atom stereocenters. The van der Waals surface area contributed by atoms with Crippen molar-refractivity contribution in [3.8, 4) is 0 Å². The molecule has 0 aliphatic carbocycles. The van der Waals surface area contributed by atoms with Crippen molar-refractivity contribution in [2.45, 2.75) is 0 Å². The van der Waals surface area contributed by atoms with Gasteiger partial charge in [-0.05, 0) is 0 Å². The summed E-state index contributed by atoms with van der Waals surface area (Å²) in [6.07, 6.45) is 0. The van der Waals surface area contributed by atoms with Gasteiger partial charge in [-0.25, -0.2) is 0 Å². The van der Waals surface area contributed by atoms with Crippen LogP contribution in [0.4, 0.5) is 0 Å². The van der Waals surface area contributed by atoms with Crippen molar-refractivity contribution in [2.75, 3.05) is 0 Å². The Bertz CT molecular complexity index is 9.61. The predicted octanol–water partition coefficient (Wildman–Crippen LogP) is -4.91. The molecule has 0 aromatic heterocycles. The molecule has 0 spiro atoms. The van der Waals surface area contributed by atoms with Gasteiger partial charge in [0.25, 0.3) is 0 Å². The smallest absolute Gasteiger partial charge is 1.00 e. The summed E-state index contributed by atoms with van der Waals surface area (Å²) in [5.41, 5.74) is 0. The molecular formula is H5AlNaO2. The van der Waals surface area contributed by atoms with Gasteiger partial charge in [-0.15, -0.1) is 0 Å². The van der Waals surface area contributed by atoms with E-state index in [1.807, 2.05) is 0 Å². The van der Waals surface area contributed by atoms with Gasteiger partial charge in [0.05, 0.1) is 0 Å².